The minimum Gasteiger partial charge on any atom is -0.480 e. The maximum Gasteiger partial charge on any atom is 0.329 e. The molecule has 0 radical (unpaired) electrons. The number of hydrogen-bond acceptors (Lipinski definition) is 2. The predicted octanol–water partition coefficient (Wildman–Crippen LogP) is 1.54. The normalized spacial score (nSPS) is 24.2. The van der Waals surface area contributed by atoms with Gasteiger partial charge in [-0.3, -0.25) is 0 Å². The number of rotatable bonds is 3. The minimum atomic E-state index is -1.09. The topological polar surface area (TPSA) is 69.6 Å². The number of nitrogens with zero attached hydrogens (tertiary/aromatic N) is 1. The van der Waals surface area contributed by atoms with Crippen LogP contribution in [0.2, 0.25) is 0 Å². The van der Waals surface area contributed by atoms with Gasteiger partial charge < -0.3 is 15.3 Å². The number of halogens is 1. The first-order chi connectivity index (χ1) is 7.38. The molecule has 0 aromatic carbocycles. The first kappa shape index (κ1) is 13.0. The largest absolute Gasteiger partial charge is 0.480 e. The summed E-state index contributed by atoms with van der Waals surface area (Å²) in [7, 11) is 0. The van der Waals surface area contributed by atoms with Gasteiger partial charge in [0, 0.05) is 11.0 Å². The van der Waals surface area contributed by atoms with Crippen LogP contribution < -0.4 is 5.32 Å². The van der Waals surface area contributed by atoms with E-state index in [1.807, 2.05) is 0 Å². The van der Waals surface area contributed by atoms with Gasteiger partial charge in [-0.15, -0.1) is 0 Å². The highest BCUT2D eigenvalue weighted by atomic mass is 79.9. The molecular formula is C10H15BrN2O3. The van der Waals surface area contributed by atoms with Crippen molar-refractivity contribution in [3.8, 4) is 0 Å². The van der Waals surface area contributed by atoms with Crippen LogP contribution in [0, 0.1) is 0 Å². The van der Waals surface area contributed by atoms with E-state index in [4.69, 9.17) is 5.11 Å². The van der Waals surface area contributed by atoms with Crippen molar-refractivity contribution in [2.75, 3.05) is 13.1 Å². The third-order valence-electron chi connectivity index (χ3n) is 2.78. The lowest BCUT2D eigenvalue weighted by Crippen LogP contribution is -2.54. The van der Waals surface area contributed by atoms with Crippen LogP contribution in [0.5, 0.6) is 0 Å². The van der Waals surface area contributed by atoms with E-state index in [1.165, 1.54) is 4.90 Å². The van der Waals surface area contributed by atoms with Gasteiger partial charge in [0.15, 0.2) is 0 Å². The molecule has 0 bridgehead atoms. The quantitative estimate of drug-likeness (QED) is 0.828. The summed E-state index contributed by atoms with van der Waals surface area (Å²) in [6.07, 6.45) is 1.20. The molecule has 1 heterocycles. The van der Waals surface area contributed by atoms with E-state index in [0.717, 1.165) is 0 Å². The molecule has 5 nitrogen and oxygen atoms in total. The van der Waals surface area contributed by atoms with Crippen molar-refractivity contribution in [1.82, 2.24) is 10.2 Å². The van der Waals surface area contributed by atoms with Gasteiger partial charge in [0.05, 0.1) is 6.54 Å². The van der Waals surface area contributed by atoms with Crippen LogP contribution in [0.15, 0.2) is 11.1 Å². The van der Waals surface area contributed by atoms with Crippen molar-refractivity contribution in [2.45, 2.75) is 25.3 Å². The second kappa shape index (κ2) is 4.86. The summed E-state index contributed by atoms with van der Waals surface area (Å²) in [5.41, 5.74) is -1.09. The highest BCUT2D eigenvalue weighted by Crippen LogP contribution is 2.29. The molecule has 1 aliphatic rings. The van der Waals surface area contributed by atoms with Crippen LogP contribution >= 0.6 is 15.9 Å². The Morgan fingerprint density at radius 1 is 1.62 bits per heavy atom. The zero-order valence-electron chi connectivity index (χ0n) is 9.12. The fraction of sp³-hybridized carbons (Fsp3) is 0.600. The number of amides is 2. The number of likely N-dealkylation sites (tertiary alicyclic amines) is 1. The van der Waals surface area contributed by atoms with Gasteiger partial charge in [0.2, 0.25) is 0 Å². The number of carbonyl (C=O) groups is 2. The Labute approximate surface area is 103 Å². The molecule has 1 fully saturated rings. The van der Waals surface area contributed by atoms with Crippen molar-refractivity contribution in [3.05, 3.63) is 11.1 Å². The van der Waals surface area contributed by atoms with Gasteiger partial charge in [-0.1, -0.05) is 22.5 Å². The Hall–Kier alpha value is -1.04. The Morgan fingerprint density at radius 3 is 2.75 bits per heavy atom. The molecule has 0 aliphatic carbocycles. The van der Waals surface area contributed by atoms with Crippen LogP contribution in [0.3, 0.4) is 0 Å². The molecule has 16 heavy (non-hydrogen) atoms. The molecule has 2 amide bonds. The van der Waals surface area contributed by atoms with E-state index in [1.54, 1.807) is 6.92 Å². The number of nitrogens with one attached hydrogen (secondary N) is 1. The van der Waals surface area contributed by atoms with Crippen LogP contribution in [-0.4, -0.2) is 40.6 Å². The Kier molecular flexibility index (Phi) is 3.96. The smallest absolute Gasteiger partial charge is 0.329 e. The number of carboxylic acid groups (broad SMARTS) is 1. The molecule has 0 spiro atoms. The van der Waals surface area contributed by atoms with Crippen molar-refractivity contribution >= 4 is 27.9 Å². The van der Waals surface area contributed by atoms with Crippen molar-refractivity contribution in [2.24, 2.45) is 0 Å². The van der Waals surface area contributed by atoms with Gasteiger partial charge in [0.25, 0.3) is 0 Å². The van der Waals surface area contributed by atoms with Gasteiger partial charge >= 0.3 is 12.0 Å². The summed E-state index contributed by atoms with van der Waals surface area (Å²) in [4.78, 5) is 24.3. The number of hydrogen-bond donors (Lipinski definition) is 2. The second-order valence-electron chi connectivity index (χ2n) is 4.01. The average molecular weight is 291 g/mol. The van der Waals surface area contributed by atoms with E-state index in [0.29, 0.717) is 30.4 Å². The van der Waals surface area contributed by atoms with Crippen LogP contribution in [0.4, 0.5) is 4.79 Å². The van der Waals surface area contributed by atoms with Gasteiger partial charge in [-0.25, -0.2) is 9.59 Å². The molecule has 1 aliphatic heterocycles. The van der Waals surface area contributed by atoms with Crippen LogP contribution in [0.1, 0.15) is 19.8 Å². The Balaban J connectivity index is 2.68. The fourth-order valence-electron chi connectivity index (χ4n) is 1.78. The fourth-order valence-corrected chi connectivity index (χ4v) is 1.92. The van der Waals surface area contributed by atoms with E-state index < -0.39 is 11.5 Å². The van der Waals surface area contributed by atoms with Crippen molar-refractivity contribution < 1.29 is 14.7 Å². The SMILES string of the molecule is C=C(Br)CNC(=O)N1CCCC1(C)C(=O)O. The van der Waals surface area contributed by atoms with Gasteiger partial charge in [-0.05, 0) is 19.8 Å². The molecule has 1 atom stereocenters. The molecule has 0 saturated carbocycles. The van der Waals surface area contributed by atoms with E-state index in [2.05, 4.69) is 27.8 Å². The minimum absolute atomic E-state index is 0.297. The molecule has 2 N–H and O–H groups in total. The lowest BCUT2D eigenvalue weighted by Gasteiger charge is -2.31. The van der Waals surface area contributed by atoms with Crippen LogP contribution in [0.25, 0.3) is 0 Å². The maximum atomic E-state index is 11.8. The van der Waals surface area contributed by atoms with E-state index in [-0.39, 0.29) is 6.03 Å². The predicted molar refractivity (Wildman–Crippen MR) is 63.4 cm³/mol. The molecule has 1 unspecified atom stereocenters. The van der Waals surface area contributed by atoms with Crippen molar-refractivity contribution in [1.29, 1.82) is 0 Å². The number of carbonyl (C=O) groups excluding carboxylic acids is 1. The standard InChI is InChI=1S/C10H15BrN2O3/c1-7(11)6-12-9(16)13-5-3-4-10(13,2)8(14)15/h1,3-6H2,2H3,(H,12,16)(H,14,15). The van der Waals surface area contributed by atoms with Crippen LogP contribution in [-0.2, 0) is 4.79 Å². The molecule has 1 rings (SSSR count). The third-order valence-corrected chi connectivity index (χ3v) is 3.06. The maximum absolute atomic E-state index is 11.8. The molecule has 1 saturated heterocycles. The first-order valence-corrected chi connectivity index (χ1v) is 5.79. The molecule has 0 aromatic heterocycles. The lowest BCUT2D eigenvalue weighted by atomic mass is 10.00. The number of carboxylic acids is 1. The summed E-state index contributed by atoms with van der Waals surface area (Å²) in [6.45, 7) is 5.94. The third kappa shape index (κ3) is 2.55. The van der Waals surface area contributed by atoms with Gasteiger partial charge in [-0.2, -0.15) is 0 Å². The summed E-state index contributed by atoms with van der Waals surface area (Å²) >= 11 is 3.12. The molecule has 0 aromatic rings. The molecule has 90 valence electrons. The van der Waals surface area contributed by atoms with Crippen molar-refractivity contribution in [3.63, 3.8) is 0 Å². The van der Waals surface area contributed by atoms with E-state index in [9.17, 15) is 9.59 Å². The molecular weight excluding hydrogens is 276 g/mol. The summed E-state index contributed by atoms with van der Waals surface area (Å²) in [6, 6.07) is -0.358. The lowest BCUT2D eigenvalue weighted by molar-refractivity contribution is -0.147. The van der Waals surface area contributed by atoms with E-state index >= 15 is 0 Å². The zero-order chi connectivity index (χ0) is 12.3. The zero-order valence-corrected chi connectivity index (χ0v) is 10.7. The highest BCUT2D eigenvalue weighted by molar-refractivity contribution is 9.11. The summed E-state index contributed by atoms with van der Waals surface area (Å²) < 4.78 is 0.650. The summed E-state index contributed by atoms with van der Waals surface area (Å²) in [5.74, 6) is -0.960. The first-order valence-electron chi connectivity index (χ1n) is 5.00. The van der Waals surface area contributed by atoms with Gasteiger partial charge in [0.1, 0.15) is 5.54 Å². The second-order valence-corrected chi connectivity index (χ2v) is 5.13. The average Bonchev–Trinajstić information content (AvgIpc) is 2.58. The number of urea groups is 1. The Morgan fingerprint density at radius 2 is 2.25 bits per heavy atom. The summed E-state index contributed by atoms with van der Waals surface area (Å²) in [5, 5.41) is 11.7. The molecule has 6 heteroatoms. The Bertz CT molecular complexity index is 332. The monoisotopic (exact) mass is 290 g/mol. The highest BCUT2D eigenvalue weighted by Gasteiger charge is 2.45. The number of aliphatic carboxylic acids is 1.